The number of amides is 4. The van der Waals surface area contributed by atoms with Gasteiger partial charge >= 0.3 is 24.1 Å². The highest BCUT2D eigenvalue weighted by molar-refractivity contribution is 5.86. The summed E-state index contributed by atoms with van der Waals surface area (Å²) < 4.78 is 80.5. The molecule has 0 radical (unpaired) electrons. The Balaban J connectivity index is 1.43. The first-order valence-electron chi connectivity index (χ1n) is 32.2. The fourth-order valence-electron chi connectivity index (χ4n) is 9.22. The third-order valence-electron chi connectivity index (χ3n) is 14.5. The maximum atomic E-state index is 13.5. The Labute approximate surface area is 573 Å². The van der Waals surface area contributed by atoms with Crippen LogP contribution < -0.4 is 33.6 Å². The minimum atomic E-state index is -1.83. The zero-order valence-electron chi connectivity index (χ0n) is 57.0. The van der Waals surface area contributed by atoms with Gasteiger partial charge in [-0.05, 0) is 18.6 Å². The normalized spacial score (nSPS) is 18.6. The number of aliphatic hydroxyl groups excluding tert-OH is 4. The molecule has 1 aromatic heterocycles. The van der Waals surface area contributed by atoms with Gasteiger partial charge in [-0.3, -0.25) is 14.5 Å². The van der Waals surface area contributed by atoms with Gasteiger partial charge in [-0.25, -0.2) is 33.8 Å². The highest BCUT2D eigenvalue weighted by Gasteiger charge is 2.47. The van der Waals surface area contributed by atoms with Crippen molar-refractivity contribution >= 4 is 47.9 Å². The van der Waals surface area contributed by atoms with E-state index in [4.69, 9.17) is 89.3 Å². The van der Waals surface area contributed by atoms with E-state index in [2.05, 4.69) is 30.9 Å². The van der Waals surface area contributed by atoms with E-state index in [-0.39, 0.29) is 58.0 Å². The smallest absolute Gasteiger partial charge is 0.410 e. The molecule has 0 aliphatic carbocycles. The molecule has 99 heavy (non-hydrogen) atoms. The number of hydrogen-bond donors (Lipinski definition) is 12. The number of aromatic nitrogens is 3. The van der Waals surface area contributed by atoms with Crippen LogP contribution in [0.3, 0.4) is 0 Å². The quantitative estimate of drug-likeness (QED) is 0.0164. The summed E-state index contributed by atoms with van der Waals surface area (Å²) in [5, 5.41) is 74.2. The lowest BCUT2D eigenvalue weighted by Gasteiger charge is -2.40. The molecule has 0 aromatic carbocycles. The number of rotatable bonds is 55. The number of guanidine groups is 2. The first-order chi connectivity index (χ1) is 47.5. The number of ether oxygens (including phenoxy) is 14. The maximum absolute atomic E-state index is 13.5. The van der Waals surface area contributed by atoms with Gasteiger partial charge in [0, 0.05) is 79.7 Å². The van der Waals surface area contributed by atoms with Crippen molar-refractivity contribution in [3.8, 4) is 0 Å². The summed E-state index contributed by atoms with van der Waals surface area (Å²) >= 11 is 0. The Bertz CT molecular complexity index is 2620. The number of nitrogens with two attached hydrogens (primary N) is 4. The van der Waals surface area contributed by atoms with E-state index in [1.54, 1.807) is 24.9 Å². The van der Waals surface area contributed by atoms with Crippen LogP contribution in [0.25, 0.3) is 0 Å². The number of carboxylic acids is 2. The van der Waals surface area contributed by atoms with Gasteiger partial charge in [-0.2, -0.15) is 0 Å². The standard InChI is InChI=1S/C59H104N14O26/c1-39-42(66-56(60)61)33-46(54(80)81)96-50(39)51(44(77)36-74)98-58(84)70(4)9-16-88-18-11-72(12-19-89-17-10-71(5)59(85)99-52(45(78)37-75)53-49(65-40(2)76)43(67-57(62)63)34-47(97-53)55(82)83)8-6-14-86-21-24-91-29-30-94-31-32-95-38-41-35-73(69-68-41)13-20-90-23-26-93-28-27-92-25-22-87-15-7-48(79)64-3/h33-35,39,42-45,49-53,74-75,77-78H,6-32,36-38H2,1-5H3,(H,64,79)(H,65,76)(H,80,81)(H,82,83)(H4,60,61,66)(H4,62,63,67)/t39-,42+,43+,44-,45-,49-,50-,51-,52-,53-/m1/s1. The molecule has 2 aliphatic heterocycles. The monoisotopic (exact) mass is 1420 g/mol. The second-order valence-electron chi connectivity index (χ2n) is 22.2. The largest absolute Gasteiger partial charge is 0.479 e. The number of nitrogens with one attached hydrogen (secondary N) is 2. The summed E-state index contributed by atoms with van der Waals surface area (Å²) in [5.41, 5.74) is 23.0. The van der Waals surface area contributed by atoms with Gasteiger partial charge in [0.15, 0.2) is 30.2 Å². The molecule has 10 atom stereocenters. The minimum absolute atomic E-state index is 0.00234. The number of carbonyl (C=O) groups excluding carboxylic acids is 4. The Kier molecular flexibility index (Phi) is 43.3. The molecule has 40 nitrogen and oxygen atoms in total. The molecular formula is C59H104N14O26. The second kappa shape index (κ2) is 50.0. The Morgan fingerprint density at radius 2 is 1.02 bits per heavy atom. The molecule has 3 heterocycles. The molecule has 0 unspecified atom stereocenters. The SMILES string of the molecule is CNC(=O)CCOCCOCCOCCOCCn1cc(COCCOCCOCCOCCCN(CCOCCN(C)C(=O)O[C@@H]([C@@H]2OC(C(=O)O)=C[C@H](N=C(N)N)[C@H]2C)[C@H](O)CO)CCOCCN(C)C(=O)O[C@@H]([C@@H]2OC(C(=O)O)=C[C@H](N=C(N)N)[C@H]2NC(C)=O)[C@H](O)CO)nn1. The first-order valence-corrected chi connectivity index (χ1v) is 32.2. The lowest BCUT2D eigenvalue weighted by molar-refractivity contribution is -0.148. The van der Waals surface area contributed by atoms with Gasteiger partial charge in [-0.15, -0.1) is 5.10 Å². The lowest BCUT2D eigenvalue weighted by Crippen LogP contribution is -2.61. The van der Waals surface area contributed by atoms with Gasteiger partial charge < -0.3 is 140 Å². The van der Waals surface area contributed by atoms with E-state index in [1.807, 2.05) is 4.90 Å². The summed E-state index contributed by atoms with van der Waals surface area (Å²) in [6, 6.07) is -3.46. The number of aliphatic hydroxyl groups is 4. The average Bonchev–Trinajstić information content (AvgIpc) is 1.44. The number of hydrogen-bond acceptors (Lipinski definition) is 29. The van der Waals surface area contributed by atoms with Crippen molar-refractivity contribution in [2.45, 2.75) is 94.6 Å². The van der Waals surface area contributed by atoms with Crippen LogP contribution in [-0.4, -0.2) is 356 Å². The number of aliphatic imine (C=N–C) groups is 2. The third kappa shape index (κ3) is 35.5. The summed E-state index contributed by atoms with van der Waals surface area (Å²) in [7, 11) is 4.35. The molecule has 4 amide bonds. The van der Waals surface area contributed by atoms with E-state index < -0.39 is 121 Å². The van der Waals surface area contributed by atoms with Gasteiger partial charge in [0.2, 0.25) is 23.3 Å². The average molecular weight is 1430 g/mol. The van der Waals surface area contributed by atoms with Crippen LogP contribution in [0.1, 0.15) is 32.4 Å². The van der Waals surface area contributed by atoms with Crippen LogP contribution in [0.4, 0.5) is 9.59 Å². The molecule has 2 aliphatic rings. The van der Waals surface area contributed by atoms with Crippen LogP contribution in [0.2, 0.25) is 0 Å². The van der Waals surface area contributed by atoms with Gasteiger partial charge in [0.1, 0.15) is 24.0 Å². The highest BCUT2D eigenvalue weighted by Crippen LogP contribution is 2.31. The fourth-order valence-corrected chi connectivity index (χ4v) is 9.22. The molecule has 16 N–H and O–H groups in total. The molecule has 566 valence electrons. The minimum Gasteiger partial charge on any atom is -0.479 e. The van der Waals surface area contributed by atoms with Crippen molar-refractivity contribution in [2.75, 3.05) is 193 Å². The first kappa shape index (κ1) is 85.8. The van der Waals surface area contributed by atoms with E-state index in [0.717, 1.165) is 22.8 Å². The zero-order valence-corrected chi connectivity index (χ0v) is 57.0. The van der Waals surface area contributed by atoms with E-state index in [0.29, 0.717) is 144 Å². The Morgan fingerprint density at radius 1 is 0.596 bits per heavy atom. The molecule has 0 spiro atoms. The highest BCUT2D eigenvalue weighted by atomic mass is 16.6. The summed E-state index contributed by atoms with van der Waals surface area (Å²) in [5.74, 6) is -6.49. The van der Waals surface area contributed by atoms with Crippen molar-refractivity contribution in [3.63, 3.8) is 0 Å². The van der Waals surface area contributed by atoms with E-state index in [9.17, 15) is 59.4 Å². The molecule has 40 heteroatoms. The number of carboxylic acid groups (broad SMARTS) is 2. The van der Waals surface area contributed by atoms with Crippen LogP contribution in [0.15, 0.2) is 39.9 Å². The number of carbonyl (C=O) groups is 6. The van der Waals surface area contributed by atoms with Crippen LogP contribution in [0.5, 0.6) is 0 Å². The number of aliphatic carboxylic acids is 2. The van der Waals surface area contributed by atoms with Crippen molar-refractivity contribution in [1.82, 2.24) is 40.3 Å². The Hall–Kier alpha value is -7.42. The topological polar surface area (TPSA) is 546 Å². The zero-order chi connectivity index (χ0) is 72.9. The van der Waals surface area contributed by atoms with Crippen LogP contribution in [0, 0.1) is 5.92 Å². The molecule has 0 saturated carbocycles. The third-order valence-corrected chi connectivity index (χ3v) is 14.5. The van der Waals surface area contributed by atoms with Gasteiger partial charge in [-0.1, -0.05) is 12.1 Å². The lowest BCUT2D eigenvalue weighted by atomic mass is 9.87. The van der Waals surface area contributed by atoms with Crippen LogP contribution >= 0.6 is 0 Å². The molecule has 3 rings (SSSR count). The van der Waals surface area contributed by atoms with E-state index >= 15 is 0 Å². The van der Waals surface area contributed by atoms with Gasteiger partial charge in [0.05, 0.1) is 170 Å². The summed E-state index contributed by atoms with van der Waals surface area (Å²) in [6.45, 7) is 8.87. The Morgan fingerprint density at radius 3 is 1.49 bits per heavy atom. The molecule has 1 aromatic rings. The summed E-state index contributed by atoms with van der Waals surface area (Å²) in [6.07, 6.45) is -6.83. The maximum Gasteiger partial charge on any atom is 0.410 e. The van der Waals surface area contributed by atoms with Crippen LogP contribution in [-0.2, 0) is 98.6 Å². The number of likely N-dealkylation sites (N-methyl/N-ethyl adjacent to an activating group) is 2. The van der Waals surface area contributed by atoms with Crippen molar-refractivity contribution in [1.29, 1.82) is 0 Å². The van der Waals surface area contributed by atoms with Gasteiger partial charge in [0.25, 0.3) is 0 Å². The molecule has 0 fully saturated rings. The van der Waals surface area contributed by atoms with E-state index in [1.165, 1.54) is 20.2 Å². The molecule has 0 bridgehead atoms. The molecule has 0 saturated heterocycles. The van der Waals surface area contributed by atoms with Crippen molar-refractivity contribution in [2.24, 2.45) is 38.8 Å². The predicted octanol–water partition coefficient (Wildman–Crippen LogP) is -5.49. The summed E-state index contributed by atoms with van der Waals surface area (Å²) in [4.78, 5) is 86.5. The van der Waals surface area contributed by atoms with Crippen molar-refractivity contribution < 1.29 is 126 Å². The molecular weight excluding hydrogens is 1320 g/mol. The predicted molar refractivity (Wildman–Crippen MR) is 346 cm³/mol. The fraction of sp³-hybridized carbons (Fsp3) is 0.763. The number of nitrogens with zero attached hydrogens (tertiary/aromatic N) is 8. The second-order valence-corrected chi connectivity index (χ2v) is 22.2. The van der Waals surface area contributed by atoms with Crippen molar-refractivity contribution in [3.05, 3.63) is 35.6 Å².